The number of hydrogen-bond donors (Lipinski definition) is 1. The van der Waals surface area contributed by atoms with Crippen LogP contribution >= 0.6 is 0 Å². The molecule has 1 aromatic rings. The summed E-state index contributed by atoms with van der Waals surface area (Å²) in [6.07, 6.45) is 0.412. The second-order valence-electron chi connectivity index (χ2n) is 4.33. The maximum Gasteiger partial charge on any atom is 0.323 e. The van der Waals surface area contributed by atoms with E-state index in [-0.39, 0.29) is 31.2 Å². The minimum Gasteiger partial charge on any atom is -0.491 e. The number of halogens is 2. The van der Waals surface area contributed by atoms with Gasteiger partial charge >= 0.3 is 5.97 Å². The van der Waals surface area contributed by atoms with Crippen LogP contribution in [0.25, 0.3) is 0 Å². The van der Waals surface area contributed by atoms with Gasteiger partial charge in [-0.05, 0) is 25.5 Å². The molecule has 0 aliphatic carbocycles. The normalized spacial score (nSPS) is 10.2. The Balaban J connectivity index is 2.36. The number of aliphatic carboxylic acids is 1. The van der Waals surface area contributed by atoms with Crippen LogP contribution in [0.1, 0.15) is 19.8 Å². The van der Waals surface area contributed by atoms with Gasteiger partial charge in [-0.1, -0.05) is 0 Å². The summed E-state index contributed by atoms with van der Waals surface area (Å²) in [5.74, 6) is -2.95. The molecule has 1 rings (SSSR count). The molecule has 0 bridgehead atoms. The molecule has 0 radical (unpaired) electrons. The van der Waals surface area contributed by atoms with Crippen LogP contribution in [-0.2, 0) is 9.59 Å². The highest BCUT2D eigenvalue weighted by molar-refractivity contribution is 5.81. The fraction of sp³-hybridized carbons (Fsp3) is 0.429. The molecule has 0 saturated heterocycles. The van der Waals surface area contributed by atoms with Crippen molar-refractivity contribution in [1.82, 2.24) is 4.90 Å². The number of ether oxygens (including phenoxy) is 1. The van der Waals surface area contributed by atoms with Crippen molar-refractivity contribution in [3.05, 3.63) is 29.8 Å². The van der Waals surface area contributed by atoms with Gasteiger partial charge in [0.05, 0.1) is 6.61 Å². The number of carbonyl (C=O) groups is 2. The zero-order valence-corrected chi connectivity index (χ0v) is 11.6. The van der Waals surface area contributed by atoms with E-state index < -0.39 is 17.6 Å². The topological polar surface area (TPSA) is 66.8 Å². The van der Waals surface area contributed by atoms with Gasteiger partial charge in [0.25, 0.3) is 0 Å². The van der Waals surface area contributed by atoms with E-state index in [9.17, 15) is 18.4 Å². The Labute approximate surface area is 121 Å². The molecule has 0 atom stereocenters. The zero-order valence-electron chi connectivity index (χ0n) is 11.6. The van der Waals surface area contributed by atoms with Gasteiger partial charge in [-0.25, -0.2) is 8.78 Å². The zero-order chi connectivity index (χ0) is 15.8. The van der Waals surface area contributed by atoms with Gasteiger partial charge in [0.1, 0.15) is 12.4 Å². The monoisotopic (exact) mass is 301 g/mol. The number of nitrogens with zero attached hydrogens (tertiary/aromatic N) is 1. The fourth-order valence-corrected chi connectivity index (χ4v) is 1.70. The molecule has 21 heavy (non-hydrogen) atoms. The van der Waals surface area contributed by atoms with E-state index >= 15 is 0 Å². The van der Waals surface area contributed by atoms with Crippen molar-refractivity contribution in [3.63, 3.8) is 0 Å². The fourth-order valence-electron chi connectivity index (χ4n) is 1.70. The molecule has 0 fully saturated rings. The van der Waals surface area contributed by atoms with Crippen LogP contribution in [-0.4, -0.2) is 41.6 Å². The lowest BCUT2D eigenvalue weighted by atomic mass is 10.2. The molecule has 0 unspecified atom stereocenters. The highest BCUT2D eigenvalue weighted by Crippen LogP contribution is 2.17. The lowest BCUT2D eigenvalue weighted by molar-refractivity contribution is -0.144. The molecule has 0 aliphatic heterocycles. The van der Waals surface area contributed by atoms with E-state index in [1.165, 1.54) is 11.0 Å². The number of carboxylic acids is 1. The smallest absolute Gasteiger partial charge is 0.323 e. The molecule has 1 aromatic carbocycles. The quantitative estimate of drug-likeness (QED) is 0.746. The van der Waals surface area contributed by atoms with Gasteiger partial charge in [0.15, 0.2) is 11.6 Å². The van der Waals surface area contributed by atoms with Crippen LogP contribution in [0.5, 0.6) is 5.75 Å². The van der Waals surface area contributed by atoms with Gasteiger partial charge < -0.3 is 14.7 Å². The second kappa shape index (κ2) is 8.18. The highest BCUT2D eigenvalue weighted by atomic mass is 19.1. The predicted molar refractivity (Wildman–Crippen MR) is 71.0 cm³/mol. The average Bonchev–Trinajstić information content (AvgIpc) is 2.42. The van der Waals surface area contributed by atoms with Gasteiger partial charge in [-0.2, -0.15) is 0 Å². The molecule has 7 heteroatoms. The van der Waals surface area contributed by atoms with Crippen molar-refractivity contribution in [2.75, 3.05) is 19.7 Å². The molecule has 0 spiro atoms. The van der Waals surface area contributed by atoms with Crippen LogP contribution < -0.4 is 4.74 Å². The Morgan fingerprint density at radius 3 is 2.62 bits per heavy atom. The van der Waals surface area contributed by atoms with Crippen LogP contribution in [0, 0.1) is 11.6 Å². The third-order valence-electron chi connectivity index (χ3n) is 2.75. The van der Waals surface area contributed by atoms with Crippen LogP contribution in [0.3, 0.4) is 0 Å². The van der Waals surface area contributed by atoms with E-state index in [4.69, 9.17) is 9.84 Å². The van der Waals surface area contributed by atoms with Crippen molar-refractivity contribution in [2.24, 2.45) is 0 Å². The Morgan fingerprint density at radius 2 is 2.05 bits per heavy atom. The number of carboxylic acid groups (broad SMARTS) is 1. The largest absolute Gasteiger partial charge is 0.491 e. The number of carbonyl (C=O) groups excluding carboxylic acids is 1. The summed E-state index contributed by atoms with van der Waals surface area (Å²) >= 11 is 0. The first kappa shape index (κ1) is 16.9. The third kappa shape index (κ3) is 5.76. The Bertz CT molecular complexity index is 508. The van der Waals surface area contributed by atoms with E-state index in [1.54, 1.807) is 6.92 Å². The van der Waals surface area contributed by atoms with Crippen molar-refractivity contribution in [3.8, 4) is 5.75 Å². The molecular formula is C14H17F2NO4. The number of hydrogen-bond acceptors (Lipinski definition) is 3. The van der Waals surface area contributed by atoms with Gasteiger partial charge in [-0.3, -0.25) is 9.59 Å². The standard InChI is InChI=1S/C14H17F2NO4/c1-2-17(9-14(19)20)13(18)4-3-7-21-12-6-5-10(15)8-11(12)16/h5-6,8H,2-4,7,9H2,1H3,(H,19,20). The molecule has 0 heterocycles. The molecule has 116 valence electrons. The Morgan fingerprint density at radius 1 is 1.33 bits per heavy atom. The number of likely N-dealkylation sites (N-methyl/N-ethyl adjacent to an activating group) is 1. The summed E-state index contributed by atoms with van der Waals surface area (Å²) in [4.78, 5) is 23.5. The van der Waals surface area contributed by atoms with Gasteiger partial charge in [0.2, 0.25) is 5.91 Å². The molecular weight excluding hydrogens is 284 g/mol. The number of amides is 1. The minimum atomic E-state index is -1.07. The van der Waals surface area contributed by atoms with Gasteiger partial charge in [-0.15, -0.1) is 0 Å². The van der Waals surface area contributed by atoms with Gasteiger partial charge in [0, 0.05) is 19.0 Å². The lowest BCUT2D eigenvalue weighted by Gasteiger charge is -2.18. The number of benzene rings is 1. The van der Waals surface area contributed by atoms with Crippen molar-refractivity contribution in [1.29, 1.82) is 0 Å². The first-order valence-corrected chi connectivity index (χ1v) is 6.51. The molecule has 1 amide bonds. The highest BCUT2D eigenvalue weighted by Gasteiger charge is 2.14. The molecule has 0 aromatic heterocycles. The SMILES string of the molecule is CCN(CC(=O)O)C(=O)CCCOc1ccc(F)cc1F. The summed E-state index contributed by atoms with van der Waals surface area (Å²) in [7, 11) is 0. The van der Waals surface area contributed by atoms with Crippen molar-refractivity contribution >= 4 is 11.9 Å². The van der Waals surface area contributed by atoms with Crippen LogP contribution in [0.4, 0.5) is 8.78 Å². The lowest BCUT2D eigenvalue weighted by Crippen LogP contribution is -2.35. The third-order valence-corrected chi connectivity index (χ3v) is 2.75. The Kier molecular flexibility index (Phi) is 6.58. The van der Waals surface area contributed by atoms with E-state index in [0.29, 0.717) is 19.0 Å². The number of rotatable bonds is 8. The van der Waals surface area contributed by atoms with Crippen LogP contribution in [0.2, 0.25) is 0 Å². The van der Waals surface area contributed by atoms with Crippen molar-refractivity contribution in [2.45, 2.75) is 19.8 Å². The van der Waals surface area contributed by atoms with E-state index in [2.05, 4.69) is 0 Å². The summed E-state index contributed by atoms with van der Waals surface area (Å²) in [6.45, 7) is 1.73. The van der Waals surface area contributed by atoms with E-state index in [0.717, 1.165) is 6.07 Å². The molecule has 1 N–H and O–H groups in total. The first-order chi connectivity index (χ1) is 9.93. The summed E-state index contributed by atoms with van der Waals surface area (Å²) in [6, 6.07) is 2.97. The molecule has 0 aliphatic rings. The molecule has 0 saturated carbocycles. The first-order valence-electron chi connectivity index (χ1n) is 6.51. The summed E-state index contributed by atoms with van der Waals surface area (Å²) in [5.41, 5.74) is 0. The second-order valence-corrected chi connectivity index (χ2v) is 4.33. The average molecular weight is 301 g/mol. The maximum absolute atomic E-state index is 13.3. The summed E-state index contributed by atoms with van der Waals surface area (Å²) < 4.78 is 31.0. The maximum atomic E-state index is 13.3. The Hall–Kier alpha value is -2.18. The van der Waals surface area contributed by atoms with Crippen molar-refractivity contribution < 1.29 is 28.2 Å². The van der Waals surface area contributed by atoms with E-state index in [1.807, 2.05) is 0 Å². The molecule has 5 nitrogen and oxygen atoms in total. The summed E-state index contributed by atoms with van der Waals surface area (Å²) in [5, 5.41) is 8.65. The predicted octanol–water partition coefficient (Wildman–Crippen LogP) is 2.06. The van der Waals surface area contributed by atoms with Crippen LogP contribution in [0.15, 0.2) is 18.2 Å². The minimum absolute atomic E-state index is 0.0817.